The van der Waals surface area contributed by atoms with Gasteiger partial charge < -0.3 is 4.74 Å². The molecule has 0 aliphatic rings. The van der Waals surface area contributed by atoms with Crippen LogP contribution in [0, 0.1) is 6.92 Å². The number of fused-ring (bicyclic) bond motifs is 1. The van der Waals surface area contributed by atoms with Crippen molar-refractivity contribution in [3.63, 3.8) is 0 Å². The smallest absolute Gasteiger partial charge is 0.366 e. The molecular formula is C18H15Cl2O2+. The number of benzene rings is 2. The van der Waals surface area contributed by atoms with Crippen molar-refractivity contribution in [2.45, 2.75) is 13.8 Å². The highest BCUT2D eigenvalue weighted by molar-refractivity contribution is 6.33. The van der Waals surface area contributed by atoms with Crippen LogP contribution in [-0.4, -0.2) is 6.61 Å². The summed E-state index contributed by atoms with van der Waals surface area (Å²) in [6, 6.07) is 13.2. The summed E-state index contributed by atoms with van der Waals surface area (Å²) in [6.07, 6.45) is 0. The van der Waals surface area contributed by atoms with Crippen LogP contribution in [0.4, 0.5) is 0 Å². The number of aryl methyl sites for hydroxylation is 1. The average Bonchev–Trinajstić information content (AvgIpc) is 2.49. The molecule has 0 spiro atoms. The lowest BCUT2D eigenvalue weighted by molar-refractivity contribution is 0.342. The maximum atomic E-state index is 6.27. The van der Waals surface area contributed by atoms with Crippen LogP contribution in [0.15, 0.2) is 46.9 Å². The maximum Gasteiger partial charge on any atom is 0.366 e. The Balaban J connectivity index is 2.29. The van der Waals surface area contributed by atoms with Crippen LogP contribution in [0.5, 0.6) is 5.75 Å². The van der Waals surface area contributed by atoms with E-state index >= 15 is 0 Å². The predicted octanol–water partition coefficient (Wildman–Crippen LogP) is 6.39. The summed E-state index contributed by atoms with van der Waals surface area (Å²) in [6.45, 7) is 4.45. The molecule has 0 bridgehead atoms. The van der Waals surface area contributed by atoms with Gasteiger partial charge in [-0.3, -0.25) is 0 Å². The fourth-order valence-corrected chi connectivity index (χ4v) is 2.74. The van der Waals surface area contributed by atoms with Crippen molar-refractivity contribution in [1.29, 1.82) is 0 Å². The van der Waals surface area contributed by atoms with Crippen molar-refractivity contribution in [3.8, 4) is 17.1 Å². The standard InChI is InChI=1S/C18H15Cl2O2/c1-3-21-16-10-18(12-6-4-5-7-14(12)19)22-17-8-11(2)15(20)9-13(16)17/h4-10H,3H2,1-2H3/q+1. The third-order valence-corrected chi connectivity index (χ3v) is 4.18. The van der Waals surface area contributed by atoms with Crippen LogP contribution in [0.25, 0.3) is 22.3 Å². The molecule has 2 nitrogen and oxygen atoms in total. The van der Waals surface area contributed by atoms with Crippen LogP contribution in [-0.2, 0) is 0 Å². The monoisotopic (exact) mass is 333 g/mol. The first-order chi connectivity index (χ1) is 10.6. The van der Waals surface area contributed by atoms with Gasteiger partial charge in [-0.15, -0.1) is 0 Å². The molecule has 0 saturated carbocycles. The van der Waals surface area contributed by atoms with Crippen LogP contribution >= 0.6 is 23.2 Å². The lowest BCUT2D eigenvalue weighted by Gasteiger charge is -2.05. The first-order valence-corrected chi connectivity index (χ1v) is 7.80. The lowest BCUT2D eigenvalue weighted by Crippen LogP contribution is -1.94. The second-order valence-corrected chi connectivity index (χ2v) is 5.80. The molecule has 4 heteroatoms. The van der Waals surface area contributed by atoms with Gasteiger partial charge >= 0.3 is 11.3 Å². The van der Waals surface area contributed by atoms with Crippen molar-refractivity contribution in [1.82, 2.24) is 0 Å². The van der Waals surface area contributed by atoms with E-state index < -0.39 is 0 Å². The SMILES string of the molecule is CCOc1cc(-c2ccccc2Cl)[o+]c2cc(C)c(Cl)cc12. The fraction of sp³-hybridized carbons (Fsp3) is 0.167. The quantitative estimate of drug-likeness (QED) is 0.517. The normalized spacial score (nSPS) is 10.9. The Morgan fingerprint density at radius 3 is 2.55 bits per heavy atom. The van der Waals surface area contributed by atoms with Gasteiger partial charge in [-0.1, -0.05) is 35.3 Å². The number of ether oxygens (including phenoxy) is 1. The summed E-state index contributed by atoms with van der Waals surface area (Å²) in [5.41, 5.74) is 2.51. The van der Waals surface area contributed by atoms with Gasteiger partial charge in [0.2, 0.25) is 0 Å². The van der Waals surface area contributed by atoms with E-state index in [4.69, 9.17) is 32.4 Å². The zero-order chi connectivity index (χ0) is 15.7. The molecule has 0 radical (unpaired) electrons. The van der Waals surface area contributed by atoms with Crippen molar-refractivity contribution >= 4 is 34.2 Å². The highest BCUT2D eigenvalue weighted by Gasteiger charge is 2.22. The Hall–Kier alpha value is -1.77. The Kier molecular flexibility index (Phi) is 4.23. The lowest BCUT2D eigenvalue weighted by atomic mass is 10.1. The molecule has 0 aliphatic heterocycles. The zero-order valence-electron chi connectivity index (χ0n) is 12.3. The average molecular weight is 334 g/mol. The van der Waals surface area contributed by atoms with Gasteiger partial charge in [0.25, 0.3) is 0 Å². The molecule has 0 amide bonds. The molecule has 22 heavy (non-hydrogen) atoms. The van der Waals surface area contributed by atoms with Gasteiger partial charge in [0.05, 0.1) is 23.3 Å². The highest BCUT2D eigenvalue weighted by atomic mass is 35.5. The van der Waals surface area contributed by atoms with Crippen molar-refractivity contribution in [3.05, 3.63) is 58.1 Å². The van der Waals surface area contributed by atoms with Gasteiger partial charge in [0.15, 0.2) is 0 Å². The van der Waals surface area contributed by atoms with E-state index in [1.54, 1.807) is 0 Å². The number of rotatable bonds is 3. The molecule has 3 rings (SSSR count). The van der Waals surface area contributed by atoms with E-state index in [2.05, 4.69) is 0 Å². The number of hydrogen-bond acceptors (Lipinski definition) is 1. The Morgan fingerprint density at radius 1 is 1.05 bits per heavy atom. The van der Waals surface area contributed by atoms with Gasteiger partial charge in [-0.2, -0.15) is 0 Å². The Bertz CT molecular complexity index is 844. The highest BCUT2D eigenvalue weighted by Crippen LogP contribution is 2.37. The molecule has 0 N–H and O–H groups in total. The van der Waals surface area contributed by atoms with E-state index in [1.165, 1.54) is 0 Å². The van der Waals surface area contributed by atoms with Crippen LogP contribution in [0.3, 0.4) is 0 Å². The summed E-state index contributed by atoms with van der Waals surface area (Å²) in [5.74, 6) is 1.41. The number of halogens is 2. The summed E-state index contributed by atoms with van der Waals surface area (Å²) in [5, 5.41) is 2.18. The minimum Gasteiger partial charge on any atom is -0.493 e. The molecule has 0 fully saturated rings. The molecule has 0 aliphatic carbocycles. The molecule has 0 saturated heterocycles. The molecular weight excluding hydrogens is 319 g/mol. The predicted molar refractivity (Wildman–Crippen MR) is 92.0 cm³/mol. The van der Waals surface area contributed by atoms with Crippen LogP contribution in [0.1, 0.15) is 12.5 Å². The third-order valence-electron chi connectivity index (χ3n) is 3.45. The summed E-state index contributed by atoms with van der Waals surface area (Å²) < 4.78 is 11.8. The molecule has 2 aromatic carbocycles. The van der Waals surface area contributed by atoms with Gasteiger partial charge in [0.1, 0.15) is 11.1 Å². The third kappa shape index (κ3) is 2.77. The first-order valence-electron chi connectivity index (χ1n) is 7.05. The van der Waals surface area contributed by atoms with E-state index in [0.717, 1.165) is 27.8 Å². The summed E-state index contributed by atoms with van der Waals surface area (Å²) in [4.78, 5) is 0. The second kappa shape index (κ2) is 6.15. The van der Waals surface area contributed by atoms with E-state index in [-0.39, 0.29) is 0 Å². The summed E-state index contributed by atoms with van der Waals surface area (Å²) in [7, 11) is 0. The van der Waals surface area contributed by atoms with Gasteiger partial charge in [0, 0.05) is 11.1 Å². The van der Waals surface area contributed by atoms with Gasteiger partial charge in [-0.25, -0.2) is 4.42 Å². The van der Waals surface area contributed by atoms with Gasteiger partial charge in [-0.05, 0) is 37.6 Å². The Morgan fingerprint density at radius 2 is 1.82 bits per heavy atom. The van der Waals surface area contributed by atoms with E-state index in [0.29, 0.717) is 22.4 Å². The van der Waals surface area contributed by atoms with Crippen molar-refractivity contribution in [2.75, 3.05) is 6.61 Å². The Labute approximate surface area is 139 Å². The largest absolute Gasteiger partial charge is 0.493 e. The molecule has 1 aromatic heterocycles. The molecule has 3 aromatic rings. The van der Waals surface area contributed by atoms with Crippen LogP contribution < -0.4 is 4.74 Å². The molecule has 1 heterocycles. The first kappa shape index (κ1) is 15.1. The number of hydrogen-bond donors (Lipinski definition) is 0. The molecule has 112 valence electrons. The van der Waals surface area contributed by atoms with E-state index in [1.807, 2.05) is 56.3 Å². The molecule has 0 unspecified atom stereocenters. The molecule has 0 atom stereocenters. The minimum atomic E-state index is 0.562. The summed E-state index contributed by atoms with van der Waals surface area (Å²) >= 11 is 12.5. The van der Waals surface area contributed by atoms with Crippen LogP contribution in [0.2, 0.25) is 10.0 Å². The van der Waals surface area contributed by atoms with Crippen molar-refractivity contribution in [2.24, 2.45) is 0 Å². The van der Waals surface area contributed by atoms with E-state index in [9.17, 15) is 0 Å². The second-order valence-electron chi connectivity index (χ2n) is 4.99. The fourth-order valence-electron chi connectivity index (χ4n) is 2.35. The zero-order valence-corrected chi connectivity index (χ0v) is 13.8. The topological polar surface area (TPSA) is 20.5 Å². The van der Waals surface area contributed by atoms with Crippen molar-refractivity contribution < 1.29 is 9.15 Å². The minimum absolute atomic E-state index is 0.562. The maximum absolute atomic E-state index is 6.27.